The number of fused-ring (bicyclic) bond motifs is 1. The smallest absolute Gasteiger partial charge is 0.0934 e. The summed E-state index contributed by atoms with van der Waals surface area (Å²) in [5.41, 5.74) is 2.07. The highest BCUT2D eigenvalue weighted by molar-refractivity contribution is 7.99. The molecule has 1 aliphatic heterocycles. The number of halogens is 1. The van der Waals surface area contributed by atoms with Crippen molar-refractivity contribution in [3.63, 3.8) is 0 Å². The van der Waals surface area contributed by atoms with E-state index in [1.807, 2.05) is 36.2 Å². The summed E-state index contributed by atoms with van der Waals surface area (Å²) < 4.78 is 0. The Bertz CT molecular complexity index is 552. The summed E-state index contributed by atoms with van der Waals surface area (Å²) >= 11 is 8.18. The lowest BCUT2D eigenvalue weighted by atomic mass is 10.1. The Morgan fingerprint density at radius 3 is 3.17 bits per heavy atom. The van der Waals surface area contributed by atoms with Gasteiger partial charge in [-0.05, 0) is 36.8 Å². The first kappa shape index (κ1) is 12.1. The van der Waals surface area contributed by atoms with Gasteiger partial charge < -0.3 is 5.32 Å². The second-order valence-corrected chi connectivity index (χ2v) is 6.17. The van der Waals surface area contributed by atoms with Crippen molar-refractivity contribution in [2.24, 2.45) is 0 Å². The summed E-state index contributed by atoms with van der Waals surface area (Å²) in [6, 6.07) is 8.47. The molecular weight excluding hydrogens is 264 g/mol. The van der Waals surface area contributed by atoms with E-state index in [9.17, 15) is 0 Å². The largest absolute Gasteiger partial charge is 0.380 e. The van der Waals surface area contributed by atoms with E-state index in [1.54, 1.807) is 0 Å². The van der Waals surface area contributed by atoms with Gasteiger partial charge >= 0.3 is 0 Å². The third-order valence-electron chi connectivity index (χ3n) is 3.19. The van der Waals surface area contributed by atoms with Gasteiger partial charge in [-0.3, -0.25) is 4.98 Å². The third-order valence-corrected chi connectivity index (χ3v) is 4.62. The molecule has 1 atom stereocenters. The summed E-state index contributed by atoms with van der Waals surface area (Å²) in [6.07, 6.45) is 4.35. The van der Waals surface area contributed by atoms with Crippen LogP contribution >= 0.6 is 23.4 Å². The third kappa shape index (κ3) is 2.57. The second-order valence-electron chi connectivity index (χ2n) is 4.59. The molecule has 2 aromatic rings. The van der Waals surface area contributed by atoms with Crippen LogP contribution in [0.4, 0.5) is 5.69 Å². The summed E-state index contributed by atoms with van der Waals surface area (Å²) in [7, 11) is 0. The van der Waals surface area contributed by atoms with Gasteiger partial charge in [-0.25, -0.2) is 0 Å². The number of nitrogens with zero attached hydrogens (tertiary/aromatic N) is 1. The fourth-order valence-electron chi connectivity index (χ4n) is 2.34. The molecule has 4 heteroatoms. The number of anilines is 1. The molecule has 0 spiro atoms. The van der Waals surface area contributed by atoms with E-state index in [0.29, 0.717) is 6.04 Å². The molecule has 94 valence electrons. The van der Waals surface area contributed by atoms with Gasteiger partial charge in [-0.1, -0.05) is 17.7 Å². The average Bonchev–Trinajstić information content (AvgIpc) is 2.40. The van der Waals surface area contributed by atoms with Crippen molar-refractivity contribution >= 4 is 40.0 Å². The highest BCUT2D eigenvalue weighted by atomic mass is 35.5. The van der Waals surface area contributed by atoms with E-state index in [-0.39, 0.29) is 0 Å². The zero-order chi connectivity index (χ0) is 12.4. The number of aromatic nitrogens is 1. The number of hydrogen-bond acceptors (Lipinski definition) is 3. The number of thioether (sulfide) groups is 1. The van der Waals surface area contributed by atoms with E-state index in [1.165, 1.54) is 24.3 Å². The fraction of sp³-hybridized carbons (Fsp3) is 0.357. The lowest BCUT2D eigenvalue weighted by Crippen LogP contribution is -2.25. The maximum atomic E-state index is 6.17. The van der Waals surface area contributed by atoms with Crippen LogP contribution in [0.2, 0.25) is 5.02 Å². The number of hydrogen-bond donors (Lipinski definition) is 1. The molecule has 0 amide bonds. The fourth-order valence-corrected chi connectivity index (χ4v) is 3.64. The van der Waals surface area contributed by atoms with Crippen LogP contribution in [0, 0.1) is 0 Å². The molecule has 1 fully saturated rings. The van der Waals surface area contributed by atoms with Gasteiger partial charge in [0.05, 0.1) is 11.2 Å². The maximum Gasteiger partial charge on any atom is 0.0934 e. The van der Waals surface area contributed by atoms with Gasteiger partial charge in [0.2, 0.25) is 0 Å². The predicted molar refractivity (Wildman–Crippen MR) is 80.7 cm³/mol. The van der Waals surface area contributed by atoms with Gasteiger partial charge in [-0.2, -0.15) is 11.8 Å². The Labute approximate surface area is 116 Å². The van der Waals surface area contributed by atoms with E-state index in [4.69, 9.17) is 11.6 Å². The summed E-state index contributed by atoms with van der Waals surface area (Å²) in [5, 5.41) is 5.46. The molecule has 1 aromatic heterocycles. The molecule has 3 rings (SSSR count). The van der Waals surface area contributed by atoms with Crippen LogP contribution in [0.5, 0.6) is 0 Å². The number of benzene rings is 1. The Balaban J connectivity index is 1.94. The van der Waals surface area contributed by atoms with E-state index in [2.05, 4.69) is 16.4 Å². The molecule has 0 saturated carbocycles. The standard InChI is InChI=1S/C14H15ClN2S/c15-11-7-10-3-1-5-16-14(10)13(8-11)17-12-4-2-6-18-9-12/h1,3,5,7-8,12,17H,2,4,6,9H2. The van der Waals surface area contributed by atoms with Crippen molar-refractivity contribution in [1.29, 1.82) is 0 Å². The summed E-state index contributed by atoms with van der Waals surface area (Å²) in [4.78, 5) is 4.46. The molecular formula is C14H15ClN2S. The molecule has 0 aliphatic carbocycles. The average molecular weight is 279 g/mol. The molecule has 1 aliphatic rings. The van der Waals surface area contributed by atoms with Crippen molar-refractivity contribution in [1.82, 2.24) is 4.98 Å². The van der Waals surface area contributed by atoms with Crippen molar-refractivity contribution in [2.75, 3.05) is 16.8 Å². The quantitative estimate of drug-likeness (QED) is 0.891. The Morgan fingerprint density at radius 1 is 1.39 bits per heavy atom. The van der Waals surface area contributed by atoms with Crippen LogP contribution in [0.25, 0.3) is 10.9 Å². The van der Waals surface area contributed by atoms with Crippen LogP contribution in [0.3, 0.4) is 0 Å². The van der Waals surface area contributed by atoms with E-state index in [0.717, 1.165) is 21.6 Å². The second kappa shape index (κ2) is 5.37. The number of pyridine rings is 1. The molecule has 18 heavy (non-hydrogen) atoms. The highest BCUT2D eigenvalue weighted by Crippen LogP contribution is 2.28. The summed E-state index contributed by atoms with van der Waals surface area (Å²) in [5.74, 6) is 2.45. The normalized spacial score (nSPS) is 19.9. The summed E-state index contributed by atoms with van der Waals surface area (Å²) in [6.45, 7) is 0. The molecule has 1 saturated heterocycles. The van der Waals surface area contributed by atoms with Crippen LogP contribution in [0.1, 0.15) is 12.8 Å². The van der Waals surface area contributed by atoms with Crippen LogP contribution in [0.15, 0.2) is 30.5 Å². The Hall–Kier alpha value is -0.930. The highest BCUT2D eigenvalue weighted by Gasteiger charge is 2.15. The zero-order valence-electron chi connectivity index (χ0n) is 10.0. The van der Waals surface area contributed by atoms with Crippen LogP contribution in [-0.4, -0.2) is 22.5 Å². The number of rotatable bonds is 2. The lowest BCUT2D eigenvalue weighted by Gasteiger charge is -2.24. The van der Waals surface area contributed by atoms with Crippen LogP contribution in [-0.2, 0) is 0 Å². The van der Waals surface area contributed by atoms with Gasteiger partial charge in [0.1, 0.15) is 0 Å². The first-order chi connectivity index (χ1) is 8.83. The molecule has 1 N–H and O–H groups in total. The molecule has 2 nitrogen and oxygen atoms in total. The molecule has 0 radical (unpaired) electrons. The molecule has 2 heterocycles. The first-order valence-corrected chi connectivity index (χ1v) is 7.75. The monoisotopic (exact) mass is 278 g/mol. The molecule has 1 aromatic carbocycles. The topological polar surface area (TPSA) is 24.9 Å². The Morgan fingerprint density at radius 2 is 2.33 bits per heavy atom. The number of nitrogens with one attached hydrogen (secondary N) is 1. The molecule has 1 unspecified atom stereocenters. The minimum atomic E-state index is 0.535. The van der Waals surface area contributed by atoms with Gasteiger partial charge in [-0.15, -0.1) is 0 Å². The van der Waals surface area contributed by atoms with Crippen molar-refractivity contribution in [2.45, 2.75) is 18.9 Å². The first-order valence-electron chi connectivity index (χ1n) is 6.21. The predicted octanol–water partition coefficient (Wildman–Crippen LogP) is 4.20. The minimum Gasteiger partial charge on any atom is -0.380 e. The van der Waals surface area contributed by atoms with Gasteiger partial charge in [0.25, 0.3) is 0 Å². The maximum absolute atomic E-state index is 6.17. The zero-order valence-corrected chi connectivity index (χ0v) is 11.6. The molecule has 0 bridgehead atoms. The van der Waals surface area contributed by atoms with Crippen LogP contribution < -0.4 is 5.32 Å². The van der Waals surface area contributed by atoms with Crippen molar-refractivity contribution in [3.8, 4) is 0 Å². The van der Waals surface area contributed by atoms with E-state index >= 15 is 0 Å². The van der Waals surface area contributed by atoms with Gasteiger partial charge in [0.15, 0.2) is 0 Å². The SMILES string of the molecule is Clc1cc(NC2CCCSC2)c2ncccc2c1. The van der Waals surface area contributed by atoms with Crippen molar-refractivity contribution in [3.05, 3.63) is 35.5 Å². The van der Waals surface area contributed by atoms with Crippen molar-refractivity contribution < 1.29 is 0 Å². The minimum absolute atomic E-state index is 0.535. The van der Waals surface area contributed by atoms with E-state index < -0.39 is 0 Å². The van der Waals surface area contributed by atoms with Gasteiger partial charge in [0, 0.05) is 28.4 Å². The Kier molecular flexibility index (Phi) is 3.62. The lowest BCUT2D eigenvalue weighted by molar-refractivity contribution is 0.686.